The molecule has 1 N–H and O–H groups in total. The van der Waals surface area contributed by atoms with Gasteiger partial charge in [0.25, 0.3) is 5.91 Å². The van der Waals surface area contributed by atoms with E-state index in [0.717, 1.165) is 43.6 Å². The average molecular weight is 330 g/mol. The molecule has 2 aliphatic rings. The van der Waals surface area contributed by atoms with Crippen molar-refractivity contribution >= 4 is 5.91 Å². The molecule has 2 fully saturated rings. The van der Waals surface area contributed by atoms with Crippen LogP contribution in [0.2, 0.25) is 0 Å². The minimum absolute atomic E-state index is 0.352. The van der Waals surface area contributed by atoms with Gasteiger partial charge in [0.1, 0.15) is 6.54 Å². The van der Waals surface area contributed by atoms with E-state index >= 15 is 0 Å². The van der Waals surface area contributed by atoms with Gasteiger partial charge >= 0.3 is 0 Å². The van der Waals surface area contributed by atoms with Crippen molar-refractivity contribution in [3.63, 3.8) is 0 Å². The van der Waals surface area contributed by atoms with E-state index < -0.39 is 0 Å². The van der Waals surface area contributed by atoms with Gasteiger partial charge in [-0.05, 0) is 24.8 Å². The molecule has 2 aliphatic heterocycles. The molecule has 1 amide bonds. The third-order valence-electron chi connectivity index (χ3n) is 6.08. The Morgan fingerprint density at radius 1 is 1.29 bits per heavy atom. The summed E-state index contributed by atoms with van der Waals surface area (Å²) in [6, 6.07) is 11.4. The van der Waals surface area contributed by atoms with Crippen LogP contribution < -0.4 is 5.32 Å². The quantitative estimate of drug-likeness (QED) is 0.855. The Morgan fingerprint density at radius 3 is 2.71 bits per heavy atom. The molecule has 0 aromatic heterocycles. The molecule has 1 aromatic rings. The molecule has 0 aliphatic carbocycles. The van der Waals surface area contributed by atoms with E-state index in [-0.39, 0.29) is 0 Å². The summed E-state index contributed by atoms with van der Waals surface area (Å²) in [4.78, 5) is 15.2. The molecule has 132 valence electrons. The third kappa shape index (κ3) is 3.50. The number of carbonyl (C=O) groups is 1. The van der Waals surface area contributed by atoms with Crippen molar-refractivity contribution in [3.05, 3.63) is 35.9 Å². The van der Waals surface area contributed by atoms with Crippen molar-refractivity contribution in [2.45, 2.75) is 39.3 Å². The lowest BCUT2D eigenvalue weighted by atomic mass is 9.94. The lowest BCUT2D eigenvalue weighted by molar-refractivity contribution is -0.949. The molecule has 2 heterocycles. The largest absolute Gasteiger partial charge is 0.329 e. The third-order valence-corrected chi connectivity index (χ3v) is 6.08. The number of amides is 1. The Kier molecular flexibility index (Phi) is 5.26. The van der Waals surface area contributed by atoms with Crippen molar-refractivity contribution in [2.24, 2.45) is 5.92 Å². The monoisotopic (exact) mass is 330 g/mol. The highest BCUT2D eigenvalue weighted by atomic mass is 16.2. The first-order valence-electron chi connectivity index (χ1n) is 9.42. The smallest absolute Gasteiger partial charge is 0.278 e. The molecule has 1 spiro atoms. The van der Waals surface area contributed by atoms with E-state index in [1.54, 1.807) is 0 Å². The number of nitrogens with zero attached hydrogens (tertiary/aromatic N) is 2. The lowest BCUT2D eigenvalue weighted by Gasteiger charge is -2.54. The van der Waals surface area contributed by atoms with Crippen molar-refractivity contribution in [1.29, 1.82) is 0 Å². The minimum Gasteiger partial charge on any atom is -0.329 e. The topological polar surface area (TPSA) is 32.3 Å². The zero-order valence-electron chi connectivity index (χ0n) is 15.4. The normalized spacial score (nSPS) is 31.0. The van der Waals surface area contributed by atoms with Crippen molar-refractivity contribution < 1.29 is 9.28 Å². The summed E-state index contributed by atoms with van der Waals surface area (Å²) in [5.41, 5.74) is 1.32. The van der Waals surface area contributed by atoms with Crippen LogP contribution in [0.25, 0.3) is 0 Å². The molecular weight excluding hydrogens is 298 g/mol. The fourth-order valence-corrected chi connectivity index (χ4v) is 4.37. The second-order valence-electron chi connectivity index (χ2n) is 7.97. The first-order valence-corrected chi connectivity index (χ1v) is 9.42. The number of benzene rings is 1. The Hall–Kier alpha value is -1.39. The molecule has 3 atom stereocenters. The number of rotatable bonds is 4. The highest BCUT2D eigenvalue weighted by molar-refractivity contribution is 5.78. The van der Waals surface area contributed by atoms with Crippen LogP contribution in [0.5, 0.6) is 0 Å². The van der Waals surface area contributed by atoms with Gasteiger partial charge in [-0.3, -0.25) is 4.79 Å². The Bertz CT molecular complexity index is 559. The summed E-state index contributed by atoms with van der Waals surface area (Å²) in [5, 5.41) is 3.48. The molecule has 0 radical (unpaired) electrons. The first kappa shape index (κ1) is 17.4. The fourth-order valence-electron chi connectivity index (χ4n) is 4.37. The molecule has 0 bridgehead atoms. The van der Waals surface area contributed by atoms with E-state index in [0.29, 0.717) is 30.5 Å². The van der Waals surface area contributed by atoms with Gasteiger partial charge in [0.15, 0.2) is 6.54 Å². The van der Waals surface area contributed by atoms with Gasteiger partial charge in [0.05, 0.1) is 18.6 Å². The van der Waals surface area contributed by atoms with E-state index in [9.17, 15) is 4.79 Å². The number of hydrogen-bond donors (Lipinski definition) is 1. The van der Waals surface area contributed by atoms with Crippen molar-refractivity contribution in [1.82, 2.24) is 10.2 Å². The zero-order valence-corrected chi connectivity index (χ0v) is 15.4. The minimum atomic E-state index is 0.352. The standard InChI is InChI=1S/C20H32N3O/c1-16(2)19-14-23(12-10-21-13-17(23)3)15-20(24)22(19)11-9-18-7-5-4-6-8-18/h4-8,16-17,19,21H,9-15H2,1-3H3/q+1/t17-,19+,23?/m0/s1. The Balaban J connectivity index is 1.74. The van der Waals surface area contributed by atoms with E-state index in [4.69, 9.17) is 0 Å². The summed E-state index contributed by atoms with van der Waals surface area (Å²) in [5.74, 6) is 0.853. The van der Waals surface area contributed by atoms with Gasteiger partial charge in [0.2, 0.25) is 0 Å². The first-order chi connectivity index (χ1) is 11.5. The Labute approximate surface area is 146 Å². The summed E-state index contributed by atoms with van der Waals surface area (Å²) < 4.78 is 0.983. The van der Waals surface area contributed by atoms with Crippen LogP contribution in [-0.4, -0.2) is 66.6 Å². The summed E-state index contributed by atoms with van der Waals surface area (Å²) >= 11 is 0. The van der Waals surface area contributed by atoms with Crippen molar-refractivity contribution in [2.75, 3.05) is 39.3 Å². The fraction of sp³-hybridized carbons (Fsp3) is 0.650. The molecule has 1 aromatic carbocycles. The lowest BCUT2D eigenvalue weighted by Crippen LogP contribution is -2.74. The average Bonchev–Trinajstić information content (AvgIpc) is 2.57. The maximum Gasteiger partial charge on any atom is 0.278 e. The second kappa shape index (κ2) is 7.24. The molecular formula is C20H32N3O+. The van der Waals surface area contributed by atoms with E-state index in [2.05, 4.69) is 55.3 Å². The SMILES string of the molecule is CC(C)[C@H]1C[N+]2(CCNC[C@@H]2C)CC(=O)N1CCc1ccccc1. The number of carbonyl (C=O) groups excluding carboxylic acids is 1. The van der Waals surface area contributed by atoms with E-state index in [1.165, 1.54) is 5.56 Å². The molecule has 4 nitrogen and oxygen atoms in total. The van der Waals surface area contributed by atoms with Gasteiger partial charge in [0, 0.05) is 19.6 Å². The Morgan fingerprint density at radius 2 is 2.04 bits per heavy atom. The van der Waals surface area contributed by atoms with Gasteiger partial charge in [-0.15, -0.1) is 0 Å². The predicted octanol–water partition coefficient (Wildman–Crippen LogP) is 1.90. The number of nitrogens with one attached hydrogen (secondary N) is 1. The van der Waals surface area contributed by atoms with Gasteiger partial charge in [-0.25, -0.2) is 0 Å². The van der Waals surface area contributed by atoms with Crippen molar-refractivity contribution in [3.8, 4) is 0 Å². The number of piperazine rings is 2. The zero-order chi connectivity index (χ0) is 17.2. The molecule has 4 heteroatoms. The van der Waals surface area contributed by atoms with Gasteiger partial charge in [-0.1, -0.05) is 44.2 Å². The second-order valence-corrected chi connectivity index (χ2v) is 7.97. The van der Waals surface area contributed by atoms with Crippen LogP contribution in [-0.2, 0) is 11.2 Å². The van der Waals surface area contributed by atoms with Crippen LogP contribution in [0.1, 0.15) is 26.3 Å². The number of hydrogen-bond acceptors (Lipinski definition) is 2. The molecule has 2 saturated heterocycles. The highest BCUT2D eigenvalue weighted by Crippen LogP contribution is 2.28. The van der Waals surface area contributed by atoms with Gasteiger partial charge < -0.3 is 14.7 Å². The van der Waals surface area contributed by atoms with Crippen LogP contribution in [0.15, 0.2) is 30.3 Å². The van der Waals surface area contributed by atoms with Gasteiger partial charge in [-0.2, -0.15) is 0 Å². The molecule has 1 unspecified atom stereocenters. The maximum absolute atomic E-state index is 13.0. The number of quaternary nitrogens is 1. The van der Waals surface area contributed by atoms with Crippen LogP contribution in [0.3, 0.4) is 0 Å². The summed E-state index contributed by atoms with van der Waals surface area (Å²) in [6.45, 7) is 12.6. The summed E-state index contributed by atoms with van der Waals surface area (Å²) in [6.07, 6.45) is 0.951. The van der Waals surface area contributed by atoms with Crippen LogP contribution in [0.4, 0.5) is 0 Å². The molecule has 3 rings (SSSR count). The predicted molar refractivity (Wildman–Crippen MR) is 97.7 cm³/mol. The maximum atomic E-state index is 13.0. The molecule has 0 saturated carbocycles. The molecule has 24 heavy (non-hydrogen) atoms. The highest BCUT2D eigenvalue weighted by Gasteiger charge is 2.48. The van der Waals surface area contributed by atoms with E-state index in [1.807, 2.05) is 6.07 Å². The van der Waals surface area contributed by atoms with Crippen LogP contribution in [0, 0.1) is 5.92 Å². The van der Waals surface area contributed by atoms with Crippen LogP contribution >= 0.6 is 0 Å². The summed E-state index contributed by atoms with van der Waals surface area (Å²) in [7, 11) is 0.